The maximum Gasteiger partial charge on any atom is 0.194 e. The largest absolute Gasteiger partial charge is 0.330 e. The van der Waals surface area contributed by atoms with Crippen molar-refractivity contribution in [1.29, 1.82) is 0 Å². The Morgan fingerprint density at radius 3 is 2.52 bits per heavy atom. The summed E-state index contributed by atoms with van der Waals surface area (Å²) in [5, 5.41) is 0. The van der Waals surface area contributed by atoms with Crippen LogP contribution in [0.15, 0.2) is 18.2 Å². The van der Waals surface area contributed by atoms with E-state index in [9.17, 15) is 0 Å². The highest BCUT2D eigenvalue weighted by molar-refractivity contribution is 7.17. The first-order valence-corrected chi connectivity index (χ1v) is 9.04. The molecule has 3 nitrogen and oxygen atoms in total. The van der Waals surface area contributed by atoms with Crippen LogP contribution in [0.4, 0.5) is 0 Å². The van der Waals surface area contributed by atoms with Gasteiger partial charge < -0.3 is 5.73 Å². The zero-order valence-electron chi connectivity index (χ0n) is 14.6. The van der Waals surface area contributed by atoms with Gasteiger partial charge in [0.25, 0.3) is 0 Å². The number of fused-ring (bicyclic) bond motifs is 1. The van der Waals surface area contributed by atoms with Gasteiger partial charge in [-0.3, -0.25) is 4.40 Å². The van der Waals surface area contributed by atoms with Gasteiger partial charge in [0, 0.05) is 17.0 Å². The Kier molecular flexibility index (Phi) is 4.30. The van der Waals surface area contributed by atoms with Gasteiger partial charge in [0.15, 0.2) is 4.96 Å². The molecule has 0 fully saturated rings. The molecule has 2 N–H and O–H groups in total. The molecule has 0 unspecified atom stereocenters. The molecule has 0 radical (unpaired) electrons. The molecule has 0 saturated carbocycles. The summed E-state index contributed by atoms with van der Waals surface area (Å²) in [6.07, 6.45) is 0.864. The molecule has 0 amide bonds. The molecular weight excluding hydrogens is 302 g/mol. The van der Waals surface area contributed by atoms with Gasteiger partial charge in [-0.25, -0.2) is 4.98 Å². The first-order chi connectivity index (χ1) is 10.9. The Labute approximate surface area is 142 Å². The van der Waals surface area contributed by atoms with E-state index in [4.69, 9.17) is 10.7 Å². The summed E-state index contributed by atoms with van der Waals surface area (Å²) >= 11 is 1.77. The molecule has 3 rings (SSSR count). The third kappa shape index (κ3) is 2.70. The molecule has 0 aliphatic carbocycles. The minimum atomic E-state index is 0.413. The van der Waals surface area contributed by atoms with E-state index in [0.29, 0.717) is 12.5 Å². The lowest BCUT2D eigenvalue weighted by atomic mass is 10.0. The van der Waals surface area contributed by atoms with Crippen LogP contribution in [-0.2, 0) is 6.42 Å². The van der Waals surface area contributed by atoms with Crippen LogP contribution in [0.25, 0.3) is 16.2 Å². The number of nitrogens with zero attached hydrogens (tertiary/aromatic N) is 2. The Morgan fingerprint density at radius 1 is 1.17 bits per heavy atom. The van der Waals surface area contributed by atoms with Gasteiger partial charge in [0.1, 0.15) is 0 Å². The first kappa shape index (κ1) is 16.2. The molecular formula is C19H25N3S. The fraction of sp³-hybridized carbons (Fsp3) is 0.421. The lowest BCUT2D eigenvalue weighted by molar-refractivity contribution is 0.792. The Morgan fingerprint density at radius 2 is 1.91 bits per heavy atom. The summed E-state index contributed by atoms with van der Waals surface area (Å²) in [4.78, 5) is 7.30. The predicted molar refractivity (Wildman–Crippen MR) is 99.6 cm³/mol. The summed E-state index contributed by atoms with van der Waals surface area (Å²) in [5.74, 6) is 0.413. The Hall–Kier alpha value is -1.65. The fourth-order valence-corrected chi connectivity index (χ4v) is 4.17. The maximum absolute atomic E-state index is 5.88. The topological polar surface area (TPSA) is 43.3 Å². The zero-order chi connectivity index (χ0) is 16.7. The molecule has 0 aliphatic rings. The third-order valence-electron chi connectivity index (χ3n) is 4.48. The van der Waals surface area contributed by atoms with Gasteiger partial charge in [-0.2, -0.15) is 0 Å². The summed E-state index contributed by atoms with van der Waals surface area (Å²) in [7, 11) is 0. The Balaban J connectivity index is 2.31. The van der Waals surface area contributed by atoms with Crippen molar-refractivity contribution in [2.75, 3.05) is 6.54 Å². The second-order valence-electron chi connectivity index (χ2n) is 6.56. The summed E-state index contributed by atoms with van der Waals surface area (Å²) in [5.41, 5.74) is 13.5. The van der Waals surface area contributed by atoms with Crippen LogP contribution >= 0.6 is 11.3 Å². The average molecular weight is 327 g/mol. The highest BCUT2D eigenvalue weighted by Gasteiger charge is 2.21. The van der Waals surface area contributed by atoms with E-state index in [-0.39, 0.29) is 0 Å². The van der Waals surface area contributed by atoms with Crippen molar-refractivity contribution in [2.45, 2.75) is 47.0 Å². The van der Waals surface area contributed by atoms with Crippen molar-refractivity contribution in [3.05, 3.63) is 45.6 Å². The number of aromatic nitrogens is 2. The van der Waals surface area contributed by atoms with Crippen molar-refractivity contribution >= 4 is 16.3 Å². The molecule has 0 aliphatic heterocycles. The molecule has 0 bridgehead atoms. The second-order valence-corrected chi connectivity index (χ2v) is 7.74. The zero-order valence-corrected chi connectivity index (χ0v) is 15.4. The monoisotopic (exact) mass is 327 g/mol. The van der Waals surface area contributed by atoms with Gasteiger partial charge in [0.2, 0.25) is 0 Å². The molecule has 0 saturated heterocycles. The molecule has 2 aromatic heterocycles. The second kappa shape index (κ2) is 6.10. The first-order valence-electron chi connectivity index (χ1n) is 8.22. The smallest absolute Gasteiger partial charge is 0.194 e. The number of benzene rings is 1. The number of imidazole rings is 1. The number of hydrogen-bond donors (Lipinski definition) is 1. The van der Waals surface area contributed by atoms with E-state index in [2.05, 4.69) is 57.2 Å². The number of nitrogens with two attached hydrogens (primary N) is 1. The van der Waals surface area contributed by atoms with Crippen molar-refractivity contribution in [1.82, 2.24) is 9.38 Å². The highest BCUT2D eigenvalue weighted by Crippen LogP contribution is 2.35. The van der Waals surface area contributed by atoms with Crippen LogP contribution in [0.2, 0.25) is 0 Å². The van der Waals surface area contributed by atoms with Crippen LogP contribution in [0.5, 0.6) is 0 Å². The summed E-state index contributed by atoms with van der Waals surface area (Å²) in [6.45, 7) is 11.6. The van der Waals surface area contributed by atoms with Crippen LogP contribution < -0.4 is 5.73 Å². The molecule has 0 atom stereocenters. The minimum absolute atomic E-state index is 0.413. The molecule has 3 aromatic rings. The SMILES string of the molecule is Cc1ccc(-c2c(C)sc3nc(C(C)C)c(CCN)n23)cc1C. The van der Waals surface area contributed by atoms with Crippen molar-refractivity contribution in [3.63, 3.8) is 0 Å². The molecule has 122 valence electrons. The van der Waals surface area contributed by atoms with E-state index >= 15 is 0 Å². The Bertz CT molecular complexity index is 855. The van der Waals surface area contributed by atoms with Crippen molar-refractivity contribution in [2.24, 2.45) is 5.73 Å². The molecule has 23 heavy (non-hydrogen) atoms. The lowest BCUT2D eigenvalue weighted by Crippen LogP contribution is -2.08. The molecule has 4 heteroatoms. The van der Waals surface area contributed by atoms with E-state index in [1.54, 1.807) is 11.3 Å². The third-order valence-corrected chi connectivity index (χ3v) is 5.44. The molecule has 1 aromatic carbocycles. The average Bonchev–Trinajstić information content (AvgIpc) is 2.98. The van der Waals surface area contributed by atoms with E-state index in [1.165, 1.54) is 38.6 Å². The van der Waals surface area contributed by atoms with E-state index in [0.717, 1.165) is 11.4 Å². The lowest BCUT2D eigenvalue weighted by Gasteiger charge is -2.10. The summed E-state index contributed by atoms with van der Waals surface area (Å²) in [6, 6.07) is 6.71. The maximum atomic E-state index is 5.88. The van der Waals surface area contributed by atoms with E-state index < -0.39 is 0 Å². The number of aryl methyl sites for hydroxylation is 3. The number of rotatable bonds is 4. The quantitative estimate of drug-likeness (QED) is 0.760. The summed E-state index contributed by atoms with van der Waals surface area (Å²) < 4.78 is 2.34. The van der Waals surface area contributed by atoms with E-state index in [1.807, 2.05) is 0 Å². The van der Waals surface area contributed by atoms with Crippen LogP contribution in [0.1, 0.15) is 47.2 Å². The normalized spacial score (nSPS) is 11.8. The predicted octanol–water partition coefficient (Wildman–Crippen LogP) is 4.61. The minimum Gasteiger partial charge on any atom is -0.330 e. The fourth-order valence-electron chi connectivity index (χ4n) is 3.15. The standard InChI is InChI=1S/C19H25N3S/c1-11(2)17-16(8-9-20)22-18(14(5)23-19(22)21-17)15-7-6-12(3)13(4)10-15/h6-7,10-11H,8-9,20H2,1-5H3. The van der Waals surface area contributed by atoms with Crippen molar-refractivity contribution < 1.29 is 0 Å². The van der Waals surface area contributed by atoms with Crippen LogP contribution in [0, 0.1) is 20.8 Å². The molecule has 0 spiro atoms. The highest BCUT2D eigenvalue weighted by atomic mass is 32.1. The van der Waals surface area contributed by atoms with Gasteiger partial charge >= 0.3 is 0 Å². The van der Waals surface area contributed by atoms with Gasteiger partial charge in [0.05, 0.1) is 11.4 Å². The van der Waals surface area contributed by atoms with Crippen LogP contribution in [-0.4, -0.2) is 15.9 Å². The molecule has 2 heterocycles. The van der Waals surface area contributed by atoms with Crippen molar-refractivity contribution in [3.8, 4) is 11.3 Å². The van der Waals surface area contributed by atoms with Crippen LogP contribution in [0.3, 0.4) is 0 Å². The number of thiazole rings is 1. The van der Waals surface area contributed by atoms with Gasteiger partial charge in [-0.05, 0) is 56.0 Å². The number of hydrogen-bond acceptors (Lipinski definition) is 3. The van der Waals surface area contributed by atoms with Gasteiger partial charge in [-0.1, -0.05) is 26.0 Å². The van der Waals surface area contributed by atoms with Gasteiger partial charge in [-0.15, -0.1) is 11.3 Å².